The Hall–Kier alpha value is -2.93. The molecule has 0 saturated heterocycles. The van der Waals surface area contributed by atoms with E-state index in [0.717, 1.165) is 10.9 Å². The number of nitrogens with one attached hydrogen (secondary N) is 1. The Balaban J connectivity index is 2.03. The van der Waals surface area contributed by atoms with E-state index < -0.39 is 9.71 Å². The van der Waals surface area contributed by atoms with Gasteiger partial charge in [-0.2, -0.15) is 0 Å². The van der Waals surface area contributed by atoms with Gasteiger partial charge in [0.15, 0.2) is 0 Å². The van der Waals surface area contributed by atoms with Gasteiger partial charge in [0.25, 0.3) is 0 Å². The van der Waals surface area contributed by atoms with Crippen molar-refractivity contribution in [1.29, 1.82) is 0 Å². The summed E-state index contributed by atoms with van der Waals surface area (Å²) >= 11 is 0. The van der Waals surface area contributed by atoms with E-state index in [2.05, 4.69) is 15.6 Å². The smallest absolute Gasteiger partial charge is 0.138 e. The standard InChI is InChI=1S/C18H18N2O4S/c1-23-14-9-13(21)10-15(11-14)24-18-6-7-19-17-5-4-12(8-16(17)18)20-25(2,3)22/h4-11,21H,2H2,1,3H3,(H,20,22). The first-order chi connectivity index (χ1) is 11.8. The van der Waals surface area contributed by atoms with E-state index >= 15 is 0 Å². The van der Waals surface area contributed by atoms with Crippen molar-refractivity contribution < 1.29 is 18.8 Å². The molecule has 2 aromatic carbocycles. The van der Waals surface area contributed by atoms with Crippen molar-refractivity contribution in [1.82, 2.24) is 4.98 Å². The summed E-state index contributed by atoms with van der Waals surface area (Å²) in [6.45, 7) is 0. The van der Waals surface area contributed by atoms with Gasteiger partial charge in [0, 0.05) is 51.4 Å². The number of hydrogen-bond donors (Lipinski definition) is 2. The van der Waals surface area contributed by atoms with Crippen molar-refractivity contribution in [3.8, 4) is 23.0 Å². The number of hydrogen-bond acceptors (Lipinski definition) is 5. The number of phenols is 1. The molecule has 1 atom stereocenters. The first kappa shape index (κ1) is 16.9. The van der Waals surface area contributed by atoms with Crippen LogP contribution in [0.3, 0.4) is 0 Å². The van der Waals surface area contributed by atoms with Crippen LogP contribution in [0.5, 0.6) is 23.0 Å². The third-order valence-corrected chi connectivity index (χ3v) is 4.03. The molecule has 3 rings (SSSR count). The molecule has 0 radical (unpaired) electrons. The lowest BCUT2D eigenvalue weighted by molar-refractivity contribution is 0.400. The van der Waals surface area contributed by atoms with Gasteiger partial charge in [0.2, 0.25) is 0 Å². The lowest BCUT2D eigenvalue weighted by Crippen LogP contribution is -2.09. The Labute approximate surface area is 146 Å². The van der Waals surface area contributed by atoms with E-state index in [0.29, 0.717) is 22.9 Å². The second-order valence-electron chi connectivity index (χ2n) is 5.62. The molecule has 130 valence electrons. The Morgan fingerprint density at radius 1 is 1.16 bits per heavy atom. The molecule has 7 heteroatoms. The van der Waals surface area contributed by atoms with Crippen LogP contribution in [-0.4, -0.2) is 33.5 Å². The van der Waals surface area contributed by atoms with Crippen LogP contribution in [0.15, 0.2) is 48.7 Å². The van der Waals surface area contributed by atoms with Gasteiger partial charge in [-0.3, -0.25) is 4.98 Å². The number of phenolic OH excluding ortho intramolecular Hbond substituents is 1. The third kappa shape index (κ3) is 4.13. The summed E-state index contributed by atoms with van der Waals surface area (Å²) in [6, 6.07) is 11.8. The zero-order valence-corrected chi connectivity index (χ0v) is 14.7. The molecular weight excluding hydrogens is 340 g/mol. The summed E-state index contributed by atoms with van der Waals surface area (Å²) in [6.07, 6.45) is 3.16. The van der Waals surface area contributed by atoms with Crippen LogP contribution < -0.4 is 14.2 Å². The molecule has 0 saturated carbocycles. The summed E-state index contributed by atoms with van der Waals surface area (Å²) < 4.78 is 25.8. The number of aromatic nitrogens is 1. The molecule has 6 nitrogen and oxygen atoms in total. The maximum absolute atomic E-state index is 11.9. The third-order valence-electron chi connectivity index (χ3n) is 3.36. The molecular formula is C18H18N2O4S. The summed E-state index contributed by atoms with van der Waals surface area (Å²) in [4.78, 5) is 4.30. The SMILES string of the molecule is C=S(C)(=O)Nc1ccc2nccc(Oc3cc(O)cc(OC)c3)c2c1. The van der Waals surface area contributed by atoms with Gasteiger partial charge in [-0.05, 0) is 30.1 Å². The molecule has 0 aliphatic rings. The largest absolute Gasteiger partial charge is 0.508 e. The number of anilines is 1. The maximum atomic E-state index is 11.9. The minimum atomic E-state index is -2.39. The Morgan fingerprint density at radius 2 is 1.92 bits per heavy atom. The van der Waals surface area contributed by atoms with Crippen LogP contribution in [0.1, 0.15) is 0 Å². The first-order valence-corrected chi connectivity index (χ1v) is 9.52. The number of rotatable bonds is 5. The number of nitrogens with zero attached hydrogens (tertiary/aromatic N) is 1. The predicted molar refractivity (Wildman–Crippen MR) is 101 cm³/mol. The fourth-order valence-corrected chi connectivity index (χ4v) is 3.01. The number of fused-ring (bicyclic) bond motifs is 1. The topological polar surface area (TPSA) is 80.7 Å². The number of pyridine rings is 1. The van der Waals surface area contributed by atoms with Gasteiger partial charge in [0.1, 0.15) is 23.0 Å². The van der Waals surface area contributed by atoms with Crippen LogP contribution in [0.4, 0.5) is 5.69 Å². The van der Waals surface area contributed by atoms with Gasteiger partial charge in [-0.15, -0.1) is 0 Å². The molecule has 0 bridgehead atoms. The molecule has 0 spiro atoms. The highest BCUT2D eigenvalue weighted by Gasteiger charge is 2.09. The minimum Gasteiger partial charge on any atom is -0.508 e. The molecule has 2 N–H and O–H groups in total. The molecule has 3 aromatic rings. The predicted octanol–water partition coefficient (Wildman–Crippen LogP) is 3.41. The fraction of sp³-hybridized carbons (Fsp3) is 0.111. The minimum absolute atomic E-state index is 0.0397. The molecule has 0 fully saturated rings. The van der Waals surface area contributed by atoms with Crippen LogP contribution >= 0.6 is 0 Å². The number of ether oxygens (including phenoxy) is 2. The lowest BCUT2D eigenvalue weighted by atomic mass is 10.2. The molecule has 0 aliphatic heterocycles. The number of aromatic hydroxyl groups is 1. The van der Waals surface area contributed by atoms with Gasteiger partial charge in [-0.25, -0.2) is 4.21 Å². The van der Waals surface area contributed by atoms with Crippen LogP contribution in [0.25, 0.3) is 10.9 Å². The quantitative estimate of drug-likeness (QED) is 0.683. The van der Waals surface area contributed by atoms with Crippen molar-refractivity contribution in [2.24, 2.45) is 0 Å². The van der Waals surface area contributed by atoms with E-state index in [1.807, 2.05) is 0 Å². The highest BCUT2D eigenvalue weighted by molar-refractivity contribution is 8.00. The van der Waals surface area contributed by atoms with Crippen LogP contribution in [0, 0.1) is 0 Å². The van der Waals surface area contributed by atoms with E-state index in [-0.39, 0.29) is 5.75 Å². The fourth-order valence-electron chi connectivity index (χ4n) is 2.38. The average Bonchev–Trinajstić information content (AvgIpc) is 2.53. The second-order valence-corrected chi connectivity index (χ2v) is 7.83. The van der Waals surface area contributed by atoms with Gasteiger partial charge in [-0.1, -0.05) is 0 Å². The summed E-state index contributed by atoms with van der Waals surface area (Å²) in [5, 5.41) is 10.5. The first-order valence-electron chi connectivity index (χ1n) is 7.39. The molecule has 0 amide bonds. The molecule has 1 unspecified atom stereocenters. The van der Waals surface area contributed by atoms with E-state index in [4.69, 9.17) is 9.47 Å². The van der Waals surface area contributed by atoms with E-state index in [1.54, 1.807) is 36.5 Å². The Morgan fingerprint density at radius 3 is 2.64 bits per heavy atom. The zero-order chi connectivity index (χ0) is 18.0. The van der Waals surface area contributed by atoms with Crippen LogP contribution in [0.2, 0.25) is 0 Å². The van der Waals surface area contributed by atoms with Crippen molar-refractivity contribution in [3.05, 3.63) is 48.7 Å². The van der Waals surface area contributed by atoms with Gasteiger partial charge in [0.05, 0.1) is 12.6 Å². The van der Waals surface area contributed by atoms with Crippen molar-refractivity contribution in [2.75, 3.05) is 18.1 Å². The van der Waals surface area contributed by atoms with E-state index in [9.17, 15) is 9.32 Å². The van der Waals surface area contributed by atoms with E-state index in [1.165, 1.54) is 25.5 Å². The van der Waals surface area contributed by atoms with Crippen LogP contribution in [-0.2, 0) is 9.71 Å². The monoisotopic (exact) mass is 358 g/mol. The number of methoxy groups -OCH3 is 1. The Bertz CT molecular complexity index is 1030. The molecule has 25 heavy (non-hydrogen) atoms. The number of benzene rings is 2. The highest BCUT2D eigenvalue weighted by Crippen LogP contribution is 2.34. The van der Waals surface area contributed by atoms with Gasteiger partial charge >= 0.3 is 0 Å². The lowest BCUT2D eigenvalue weighted by Gasteiger charge is -2.12. The van der Waals surface area contributed by atoms with Crippen molar-refractivity contribution in [2.45, 2.75) is 0 Å². The van der Waals surface area contributed by atoms with Gasteiger partial charge < -0.3 is 19.3 Å². The average molecular weight is 358 g/mol. The molecule has 1 aromatic heterocycles. The van der Waals surface area contributed by atoms with Crippen molar-refractivity contribution in [3.63, 3.8) is 0 Å². The zero-order valence-electron chi connectivity index (χ0n) is 13.9. The summed E-state index contributed by atoms with van der Waals surface area (Å²) in [5.74, 6) is 5.10. The Kier molecular flexibility index (Phi) is 4.41. The summed E-state index contributed by atoms with van der Waals surface area (Å²) in [7, 11) is -0.880. The summed E-state index contributed by atoms with van der Waals surface area (Å²) in [5.41, 5.74) is 1.38. The normalized spacial score (nSPS) is 13.2. The molecule has 0 aliphatic carbocycles. The maximum Gasteiger partial charge on any atom is 0.138 e. The highest BCUT2D eigenvalue weighted by atomic mass is 32.2. The molecule has 1 heterocycles. The van der Waals surface area contributed by atoms with Crippen molar-refractivity contribution >= 4 is 32.2 Å². The second kappa shape index (κ2) is 6.52.